The van der Waals surface area contributed by atoms with E-state index in [9.17, 15) is 0 Å². The minimum Gasteiger partial charge on any atom is -0.496 e. The van der Waals surface area contributed by atoms with E-state index in [1.165, 1.54) is 0 Å². The predicted molar refractivity (Wildman–Crippen MR) is 112 cm³/mol. The molecule has 4 rings (SSSR count). The number of hydrogen-bond donors (Lipinski definition) is 2. The summed E-state index contributed by atoms with van der Waals surface area (Å²) < 4.78 is 12.4. The first-order valence-electron chi connectivity index (χ1n) is 9.24. The third-order valence-electron chi connectivity index (χ3n) is 4.58. The Morgan fingerprint density at radius 3 is 2.77 bits per heavy atom. The zero-order valence-electron chi connectivity index (χ0n) is 16.8. The summed E-state index contributed by atoms with van der Waals surface area (Å²) in [5.41, 5.74) is 10.00. The molecule has 0 aliphatic rings. The van der Waals surface area contributed by atoms with E-state index in [1.54, 1.807) is 14.0 Å². The third kappa shape index (κ3) is 3.86. The number of methoxy groups -OCH3 is 1. The molecule has 3 heterocycles. The van der Waals surface area contributed by atoms with Crippen LogP contribution in [0.15, 0.2) is 22.7 Å². The number of nitrogen functional groups attached to an aromatic ring is 1. The van der Waals surface area contributed by atoms with Crippen LogP contribution >= 0.6 is 11.6 Å². The second kappa shape index (κ2) is 8.15. The second-order valence-corrected chi connectivity index (χ2v) is 7.00. The molecular formula is C19H21ClN8O2. The van der Waals surface area contributed by atoms with Crippen molar-refractivity contribution in [1.82, 2.24) is 29.9 Å². The normalized spacial score (nSPS) is 11.2. The van der Waals surface area contributed by atoms with Gasteiger partial charge in [0, 0.05) is 18.4 Å². The SMILES string of the molecule is COc1cc(CCl)ccc1Cn1nc(C)c2nc(N)nc(NCc3noc(C)n3)c21. The highest BCUT2D eigenvalue weighted by Crippen LogP contribution is 2.28. The van der Waals surface area contributed by atoms with Crippen molar-refractivity contribution in [2.24, 2.45) is 0 Å². The van der Waals surface area contributed by atoms with Crippen LogP contribution < -0.4 is 15.8 Å². The topological polar surface area (TPSA) is 130 Å². The van der Waals surface area contributed by atoms with Gasteiger partial charge in [-0.2, -0.15) is 15.1 Å². The molecule has 0 saturated heterocycles. The number of aromatic nitrogens is 6. The Morgan fingerprint density at radius 1 is 1.23 bits per heavy atom. The lowest BCUT2D eigenvalue weighted by Crippen LogP contribution is -2.10. The summed E-state index contributed by atoms with van der Waals surface area (Å²) in [6.45, 7) is 4.39. The van der Waals surface area contributed by atoms with Crippen molar-refractivity contribution >= 4 is 34.4 Å². The number of alkyl halides is 1. The number of rotatable bonds is 7. The smallest absolute Gasteiger partial charge is 0.223 e. The number of benzene rings is 1. The number of nitrogens with two attached hydrogens (primary N) is 1. The van der Waals surface area contributed by atoms with E-state index in [2.05, 4.69) is 30.5 Å². The summed E-state index contributed by atoms with van der Waals surface area (Å²) in [5.74, 6) is 2.85. The molecule has 4 aromatic rings. The van der Waals surface area contributed by atoms with Crippen LogP contribution in [0, 0.1) is 13.8 Å². The number of aryl methyl sites for hydroxylation is 2. The molecule has 0 atom stereocenters. The standard InChI is InChI=1S/C19H21ClN8O2/c1-10-16-17(18(25-19(21)24-16)22-8-15-23-11(2)30-27-15)28(26-10)9-13-5-4-12(7-20)6-14(13)29-3/h4-6H,7-9H2,1-3H3,(H3,21,22,24,25). The summed E-state index contributed by atoms with van der Waals surface area (Å²) in [7, 11) is 1.63. The molecule has 1 aromatic carbocycles. The van der Waals surface area contributed by atoms with Crippen molar-refractivity contribution in [3.05, 3.63) is 46.7 Å². The Bertz CT molecular complexity index is 1200. The molecule has 0 radical (unpaired) electrons. The lowest BCUT2D eigenvalue weighted by Gasteiger charge is -2.12. The molecule has 30 heavy (non-hydrogen) atoms. The average Bonchev–Trinajstić information content (AvgIpc) is 3.29. The molecule has 0 spiro atoms. The van der Waals surface area contributed by atoms with E-state index >= 15 is 0 Å². The molecule has 3 aromatic heterocycles. The molecule has 0 unspecified atom stereocenters. The summed E-state index contributed by atoms with van der Waals surface area (Å²) in [5, 5.41) is 11.8. The van der Waals surface area contributed by atoms with Gasteiger partial charge in [0.2, 0.25) is 11.8 Å². The van der Waals surface area contributed by atoms with Gasteiger partial charge in [0.25, 0.3) is 0 Å². The highest BCUT2D eigenvalue weighted by atomic mass is 35.5. The number of nitrogens with one attached hydrogen (secondary N) is 1. The highest BCUT2D eigenvalue weighted by molar-refractivity contribution is 6.17. The minimum absolute atomic E-state index is 0.154. The molecular weight excluding hydrogens is 408 g/mol. The zero-order chi connectivity index (χ0) is 21.3. The van der Waals surface area contributed by atoms with E-state index < -0.39 is 0 Å². The van der Waals surface area contributed by atoms with Crippen LogP contribution in [0.5, 0.6) is 5.75 Å². The highest BCUT2D eigenvalue weighted by Gasteiger charge is 2.18. The molecule has 0 bridgehead atoms. The van der Waals surface area contributed by atoms with Crippen LogP contribution in [-0.2, 0) is 19.0 Å². The van der Waals surface area contributed by atoms with Gasteiger partial charge < -0.3 is 20.3 Å². The number of halogens is 1. The van der Waals surface area contributed by atoms with Crippen LogP contribution in [0.2, 0.25) is 0 Å². The number of ether oxygens (including phenoxy) is 1. The van der Waals surface area contributed by atoms with Gasteiger partial charge in [0.1, 0.15) is 16.8 Å². The lowest BCUT2D eigenvalue weighted by atomic mass is 10.1. The van der Waals surface area contributed by atoms with E-state index in [1.807, 2.05) is 29.8 Å². The third-order valence-corrected chi connectivity index (χ3v) is 4.89. The van der Waals surface area contributed by atoms with Crippen molar-refractivity contribution in [3.63, 3.8) is 0 Å². The molecule has 0 aliphatic carbocycles. The van der Waals surface area contributed by atoms with Crippen LogP contribution in [0.3, 0.4) is 0 Å². The van der Waals surface area contributed by atoms with Crippen molar-refractivity contribution in [2.75, 3.05) is 18.2 Å². The maximum Gasteiger partial charge on any atom is 0.223 e. The number of hydrogen-bond acceptors (Lipinski definition) is 9. The van der Waals surface area contributed by atoms with Crippen molar-refractivity contribution in [1.29, 1.82) is 0 Å². The Kier molecular flexibility index (Phi) is 5.40. The van der Waals surface area contributed by atoms with E-state index in [-0.39, 0.29) is 5.95 Å². The monoisotopic (exact) mass is 428 g/mol. The Morgan fingerprint density at radius 2 is 2.07 bits per heavy atom. The largest absolute Gasteiger partial charge is 0.496 e. The first-order chi connectivity index (χ1) is 14.5. The molecule has 11 heteroatoms. The second-order valence-electron chi connectivity index (χ2n) is 6.73. The van der Waals surface area contributed by atoms with Crippen molar-refractivity contribution in [2.45, 2.75) is 32.8 Å². The molecule has 0 saturated carbocycles. The summed E-state index contributed by atoms with van der Waals surface area (Å²) >= 11 is 5.95. The maximum absolute atomic E-state index is 5.95. The van der Waals surface area contributed by atoms with E-state index in [0.29, 0.717) is 42.0 Å². The van der Waals surface area contributed by atoms with Gasteiger partial charge in [0.05, 0.1) is 25.9 Å². The molecule has 0 aliphatic heterocycles. The van der Waals surface area contributed by atoms with Crippen LogP contribution in [0.25, 0.3) is 11.0 Å². The fraction of sp³-hybridized carbons (Fsp3) is 0.316. The molecule has 3 N–H and O–H groups in total. The van der Waals surface area contributed by atoms with Crippen LogP contribution in [0.4, 0.5) is 11.8 Å². The minimum atomic E-state index is 0.154. The van der Waals surface area contributed by atoms with E-state index in [0.717, 1.165) is 28.1 Å². The van der Waals surface area contributed by atoms with Gasteiger partial charge >= 0.3 is 0 Å². The number of fused-ring (bicyclic) bond motifs is 1. The molecule has 10 nitrogen and oxygen atoms in total. The molecule has 0 amide bonds. The molecule has 0 fully saturated rings. The average molecular weight is 429 g/mol. The Balaban J connectivity index is 1.73. The maximum atomic E-state index is 5.95. The Labute approximate surface area is 177 Å². The number of nitrogens with zero attached hydrogens (tertiary/aromatic N) is 6. The first-order valence-corrected chi connectivity index (χ1v) is 9.77. The summed E-state index contributed by atoms with van der Waals surface area (Å²) in [6.07, 6.45) is 0. The van der Waals surface area contributed by atoms with Crippen LogP contribution in [-0.4, -0.2) is 37.0 Å². The quantitative estimate of drug-likeness (QED) is 0.426. The first kappa shape index (κ1) is 19.9. The van der Waals surface area contributed by atoms with Gasteiger partial charge in [-0.25, -0.2) is 4.98 Å². The van der Waals surface area contributed by atoms with Crippen LogP contribution in [0.1, 0.15) is 28.5 Å². The van der Waals surface area contributed by atoms with Crippen molar-refractivity contribution in [3.8, 4) is 5.75 Å². The van der Waals surface area contributed by atoms with Gasteiger partial charge in [-0.05, 0) is 18.6 Å². The van der Waals surface area contributed by atoms with Gasteiger partial charge in [0.15, 0.2) is 11.6 Å². The predicted octanol–water partition coefficient (Wildman–Crippen LogP) is 2.82. The lowest BCUT2D eigenvalue weighted by molar-refractivity contribution is 0.388. The molecule has 156 valence electrons. The summed E-state index contributed by atoms with van der Waals surface area (Å²) in [6, 6.07) is 5.87. The van der Waals surface area contributed by atoms with E-state index in [4.69, 9.17) is 26.6 Å². The fourth-order valence-electron chi connectivity index (χ4n) is 3.22. The zero-order valence-corrected chi connectivity index (χ0v) is 17.6. The Hall–Kier alpha value is -3.40. The van der Waals surface area contributed by atoms with Gasteiger partial charge in [-0.15, -0.1) is 11.6 Å². The van der Waals surface area contributed by atoms with Gasteiger partial charge in [-0.3, -0.25) is 4.68 Å². The number of anilines is 2. The van der Waals surface area contributed by atoms with Gasteiger partial charge in [-0.1, -0.05) is 17.3 Å². The summed E-state index contributed by atoms with van der Waals surface area (Å²) in [4.78, 5) is 12.9. The fourth-order valence-corrected chi connectivity index (χ4v) is 3.39. The van der Waals surface area contributed by atoms with Crippen molar-refractivity contribution < 1.29 is 9.26 Å².